The van der Waals surface area contributed by atoms with E-state index in [1.165, 1.54) is 23.1 Å². The van der Waals surface area contributed by atoms with E-state index in [-0.39, 0.29) is 6.04 Å². The molecule has 102 valence electrons. The van der Waals surface area contributed by atoms with Crippen molar-refractivity contribution in [1.29, 1.82) is 0 Å². The van der Waals surface area contributed by atoms with Gasteiger partial charge in [0.1, 0.15) is 4.34 Å². The monoisotopic (exact) mass is 323 g/mol. The van der Waals surface area contributed by atoms with Crippen molar-refractivity contribution >= 4 is 34.7 Å². The Morgan fingerprint density at radius 3 is 2.80 bits per heavy atom. The van der Waals surface area contributed by atoms with E-state index < -0.39 is 0 Å². The van der Waals surface area contributed by atoms with Crippen molar-refractivity contribution in [2.75, 3.05) is 0 Å². The Balaban J connectivity index is 1.86. The fraction of sp³-hybridized carbons (Fsp3) is 0.167. The SMILES string of the molecule is CC(c1ccccc1)n1nnnc1Sc1ncc(Cl)s1. The van der Waals surface area contributed by atoms with Crippen LogP contribution in [0.1, 0.15) is 18.5 Å². The van der Waals surface area contributed by atoms with Crippen LogP contribution in [0.4, 0.5) is 0 Å². The Kier molecular flexibility index (Phi) is 4.00. The van der Waals surface area contributed by atoms with Crippen LogP contribution in [-0.2, 0) is 0 Å². The minimum absolute atomic E-state index is 0.0594. The third kappa shape index (κ3) is 2.84. The summed E-state index contributed by atoms with van der Waals surface area (Å²) in [5, 5.41) is 12.6. The summed E-state index contributed by atoms with van der Waals surface area (Å²) in [4.78, 5) is 4.20. The zero-order valence-corrected chi connectivity index (χ0v) is 12.9. The Morgan fingerprint density at radius 2 is 2.10 bits per heavy atom. The van der Waals surface area contributed by atoms with Crippen molar-refractivity contribution in [3.8, 4) is 0 Å². The lowest BCUT2D eigenvalue weighted by molar-refractivity contribution is 0.504. The summed E-state index contributed by atoms with van der Waals surface area (Å²) in [5.41, 5.74) is 1.15. The molecular weight excluding hydrogens is 314 g/mol. The van der Waals surface area contributed by atoms with Gasteiger partial charge in [-0.1, -0.05) is 53.3 Å². The topological polar surface area (TPSA) is 56.5 Å². The van der Waals surface area contributed by atoms with Crippen LogP contribution in [0.15, 0.2) is 46.0 Å². The molecule has 0 saturated heterocycles. The van der Waals surface area contributed by atoms with E-state index in [4.69, 9.17) is 11.6 Å². The van der Waals surface area contributed by atoms with E-state index in [1.54, 1.807) is 10.9 Å². The standard InChI is InChI=1S/C12H10ClN5S2/c1-8(9-5-3-2-4-6-9)18-11(15-16-17-18)20-12-14-7-10(13)19-12/h2-8H,1H3. The molecule has 1 aromatic carbocycles. The maximum atomic E-state index is 5.88. The Hall–Kier alpha value is -1.44. The van der Waals surface area contributed by atoms with E-state index in [1.807, 2.05) is 18.2 Å². The van der Waals surface area contributed by atoms with Crippen molar-refractivity contribution in [1.82, 2.24) is 25.2 Å². The van der Waals surface area contributed by atoms with Crippen LogP contribution in [0.5, 0.6) is 0 Å². The van der Waals surface area contributed by atoms with Gasteiger partial charge in [0, 0.05) is 0 Å². The number of hydrogen-bond donors (Lipinski definition) is 0. The molecule has 3 aromatic rings. The summed E-state index contributed by atoms with van der Waals surface area (Å²) in [7, 11) is 0. The molecule has 2 aromatic heterocycles. The summed E-state index contributed by atoms with van der Waals surface area (Å²) < 4.78 is 3.27. The van der Waals surface area contributed by atoms with Gasteiger partial charge in [-0.3, -0.25) is 0 Å². The van der Waals surface area contributed by atoms with E-state index in [0.717, 1.165) is 9.90 Å². The number of rotatable bonds is 4. The second kappa shape index (κ2) is 5.90. The first-order chi connectivity index (χ1) is 9.74. The van der Waals surface area contributed by atoms with Gasteiger partial charge in [-0.2, -0.15) is 0 Å². The summed E-state index contributed by atoms with van der Waals surface area (Å²) in [6.45, 7) is 2.06. The summed E-state index contributed by atoms with van der Waals surface area (Å²) in [5.74, 6) is 0. The number of halogens is 1. The van der Waals surface area contributed by atoms with Crippen molar-refractivity contribution in [3.63, 3.8) is 0 Å². The second-order valence-electron chi connectivity index (χ2n) is 4.03. The number of hydrogen-bond acceptors (Lipinski definition) is 6. The first-order valence-electron chi connectivity index (χ1n) is 5.86. The molecule has 0 aliphatic heterocycles. The van der Waals surface area contributed by atoms with Gasteiger partial charge in [-0.25, -0.2) is 9.67 Å². The highest BCUT2D eigenvalue weighted by atomic mass is 35.5. The zero-order chi connectivity index (χ0) is 13.9. The van der Waals surface area contributed by atoms with Crippen molar-refractivity contribution < 1.29 is 0 Å². The van der Waals surface area contributed by atoms with Gasteiger partial charge in [0.05, 0.1) is 12.2 Å². The quantitative estimate of drug-likeness (QED) is 0.735. The van der Waals surface area contributed by atoms with Crippen LogP contribution >= 0.6 is 34.7 Å². The Labute approximate surface area is 129 Å². The third-order valence-electron chi connectivity index (χ3n) is 2.75. The normalized spacial score (nSPS) is 12.5. The van der Waals surface area contributed by atoms with Crippen molar-refractivity contribution in [2.45, 2.75) is 22.5 Å². The first-order valence-corrected chi connectivity index (χ1v) is 7.87. The average molecular weight is 324 g/mol. The van der Waals surface area contributed by atoms with Gasteiger partial charge in [-0.15, -0.1) is 5.10 Å². The third-order valence-corrected chi connectivity index (χ3v) is 4.89. The molecule has 1 atom stereocenters. The van der Waals surface area contributed by atoms with Crippen LogP contribution in [0.2, 0.25) is 4.34 Å². The average Bonchev–Trinajstić information content (AvgIpc) is 3.09. The molecule has 3 rings (SSSR count). The molecule has 0 saturated carbocycles. The van der Waals surface area contributed by atoms with E-state index in [0.29, 0.717) is 9.49 Å². The molecule has 0 bridgehead atoms. The van der Waals surface area contributed by atoms with E-state index in [2.05, 4.69) is 39.6 Å². The van der Waals surface area contributed by atoms with Gasteiger partial charge in [0.2, 0.25) is 5.16 Å². The molecule has 0 aliphatic carbocycles. The van der Waals surface area contributed by atoms with Crippen LogP contribution in [-0.4, -0.2) is 25.2 Å². The molecular formula is C12H10ClN5S2. The van der Waals surface area contributed by atoms with Gasteiger partial charge >= 0.3 is 0 Å². The predicted octanol–water partition coefficient (Wildman–Crippen LogP) is 3.54. The lowest BCUT2D eigenvalue weighted by Crippen LogP contribution is -2.09. The molecule has 8 heteroatoms. The van der Waals surface area contributed by atoms with Crippen LogP contribution in [0, 0.1) is 0 Å². The minimum Gasteiger partial charge on any atom is -0.236 e. The summed E-state index contributed by atoms with van der Waals surface area (Å²) >= 11 is 8.71. The molecule has 0 radical (unpaired) electrons. The molecule has 0 spiro atoms. The molecule has 2 heterocycles. The molecule has 1 unspecified atom stereocenters. The molecule has 0 N–H and O–H groups in total. The smallest absolute Gasteiger partial charge is 0.216 e. The molecule has 5 nitrogen and oxygen atoms in total. The number of aromatic nitrogens is 5. The first kappa shape index (κ1) is 13.5. The van der Waals surface area contributed by atoms with Crippen LogP contribution < -0.4 is 0 Å². The van der Waals surface area contributed by atoms with Gasteiger partial charge in [0.15, 0.2) is 4.34 Å². The zero-order valence-electron chi connectivity index (χ0n) is 10.5. The van der Waals surface area contributed by atoms with Crippen molar-refractivity contribution in [2.24, 2.45) is 0 Å². The number of tetrazole rings is 1. The lowest BCUT2D eigenvalue weighted by Gasteiger charge is -2.12. The van der Waals surface area contributed by atoms with E-state index in [9.17, 15) is 0 Å². The highest BCUT2D eigenvalue weighted by Gasteiger charge is 2.16. The Bertz CT molecular complexity index is 697. The van der Waals surface area contributed by atoms with Gasteiger partial charge < -0.3 is 0 Å². The highest BCUT2D eigenvalue weighted by Crippen LogP contribution is 2.33. The van der Waals surface area contributed by atoms with Gasteiger partial charge in [-0.05, 0) is 34.7 Å². The fourth-order valence-corrected chi connectivity index (χ4v) is 3.80. The van der Waals surface area contributed by atoms with Crippen LogP contribution in [0.25, 0.3) is 0 Å². The minimum atomic E-state index is 0.0594. The van der Waals surface area contributed by atoms with E-state index >= 15 is 0 Å². The maximum absolute atomic E-state index is 5.88. The van der Waals surface area contributed by atoms with Crippen molar-refractivity contribution in [3.05, 3.63) is 46.4 Å². The second-order valence-corrected chi connectivity index (χ2v) is 6.90. The lowest BCUT2D eigenvalue weighted by atomic mass is 10.1. The number of thiazole rings is 1. The summed E-state index contributed by atoms with van der Waals surface area (Å²) in [6, 6.07) is 10.2. The number of nitrogens with zero attached hydrogens (tertiary/aromatic N) is 5. The number of benzene rings is 1. The fourth-order valence-electron chi connectivity index (χ4n) is 1.73. The summed E-state index contributed by atoms with van der Waals surface area (Å²) in [6.07, 6.45) is 1.63. The predicted molar refractivity (Wildman–Crippen MR) is 79.3 cm³/mol. The Morgan fingerprint density at radius 1 is 1.30 bits per heavy atom. The maximum Gasteiger partial charge on any atom is 0.216 e. The van der Waals surface area contributed by atoms with Gasteiger partial charge in [0.25, 0.3) is 0 Å². The van der Waals surface area contributed by atoms with Crippen LogP contribution in [0.3, 0.4) is 0 Å². The largest absolute Gasteiger partial charge is 0.236 e. The highest BCUT2D eigenvalue weighted by molar-refractivity contribution is 8.00. The molecule has 0 amide bonds. The molecule has 20 heavy (non-hydrogen) atoms. The molecule has 0 aliphatic rings. The molecule has 0 fully saturated rings.